The number of H-pyrrole nitrogens is 1. The lowest BCUT2D eigenvalue weighted by Gasteiger charge is -2.15. The number of halogens is 3. The molecule has 1 aliphatic rings. The molecule has 5 N–H and O–H groups in total. The van der Waals surface area contributed by atoms with Crippen molar-refractivity contribution in [2.45, 2.75) is 31.0 Å². The van der Waals surface area contributed by atoms with Crippen LogP contribution in [0.4, 0.5) is 19.1 Å². The number of carbonyl (C=O) groups excluding carboxylic acids is 1. The molecule has 3 rings (SSSR count). The normalized spacial score (nSPS) is 20.1. The van der Waals surface area contributed by atoms with Crippen molar-refractivity contribution in [3.63, 3.8) is 0 Å². The quantitative estimate of drug-likeness (QED) is 0.135. The predicted molar refractivity (Wildman–Crippen MR) is 110 cm³/mol. The summed E-state index contributed by atoms with van der Waals surface area (Å²) in [6.45, 7) is -1.85. The first kappa shape index (κ1) is 25.0. The molecule has 2 aromatic rings. The van der Waals surface area contributed by atoms with E-state index in [-0.39, 0.29) is 48.8 Å². The van der Waals surface area contributed by atoms with E-state index < -0.39 is 42.5 Å². The van der Waals surface area contributed by atoms with E-state index in [0.29, 0.717) is 0 Å². The summed E-state index contributed by atoms with van der Waals surface area (Å²) in [6, 6.07) is 0. The highest BCUT2D eigenvalue weighted by atomic mass is 19.4. The van der Waals surface area contributed by atoms with E-state index in [0.717, 1.165) is 0 Å². The van der Waals surface area contributed by atoms with Crippen molar-refractivity contribution in [3.8, 4) is 11.8 Å². The van der Waals surface area contributed by atoms with E-state index >= 15 is 0 Å². The van der Waals surface area contributed by atoms with Crippen molar-refractivity contribution in [3.05, 3.63) is 32.6 Å². The molecule has 0 aliphatic carbocycles. The number of Topliss-reactive ketones (excluding diaryl/α,β-unsaturated/α-hetero) is 1. The number of carbonyl (C=O) groups is 1. The number of nitrogens with zero attached hydrogens (tertiary/aromatic N) is 5. The second kappa shape index (κ2) is 10.5. The maximum absolute atomic E-state index is 12.5. The summed E-state index contributed by atoms with van der Waals surface area (Å²) in [7, 11) is 0. The second-order valence-corrected chi connectivity index (χ2v) is 7.04. The van der Waals surface area contributed by atoms with Gasteiger partial charge in [-0.05, 0) is 5.53 Å². The van der Waals surface area contributed by atoms with Gasteiger partial charge in [-0.2, -0.15) is 18.2 Å². The number of aliphatic hydroxyl groups excluding tert-OH is 1. The number of azide groups is 1. The monoisotopic (exact) mass is 484 g/mol. The van der Waals surface area contributed by atoms with Crippen LogP contribution in [0.3, 0.4) is 0 Å². The van der Waals surface area contributed by atoms with Crippen molar-refractivity contribution >= 4 is 22.8 Å². The molecular formula is C18H19F3N8O5. The standard InChI is InChI=1S/C18H19F3N8O5/c19-18(20,21)12(31)5-24-3-1-2-9-6-29(15-14(9)16(32)27-17(22)26-15)13-4-10(11(7-30)34-13)33-8-25-28-23/h6,10-11,13,24,30H,3-5,7-8H2,(H3,22,26,27,32). The molecule has 1 saturated heterocycles. The van der Waals surface area contributed by atoms with E-state index in [1.54, 1.807) is 0 Å². The molecule has 182 valence electrons. The van der Waals surface area contributed by atoms with Gasteiger partial charge in [-0.15, -0.1) is 0 Å². The maximum Gasteiger partial charge on any atom is 0.451 e. The van der Waals surface area contributed by atoms with Gasteiger partial charge in [-0.25, -0.2) is 0 Å². The van der Waals surface area contributed by atoms with Gasteiger partial charge in [-0.3, -0.25) is 19.9 Å². The Balaban J connectivity index is 1.85. The molecular weight excluding hydrogens is 465 g/mol. The Hall–Kier alpha value is -3.61. The van der Waals surface area contributed by atoms with E-state index in [2.05, 4.69) is 37.2 Å². The number of fused-ring (bicyclic) bond motifs is 1. The van der Waals surface area contributed by atoms with Crippen LogP contribution in [0.25, 0.3) is 21.5 Å². The van der Waals surface area contributed by atoms with Crippen LogP contribution >= 0.6 is 0 Å². The van der Waals surface area contributed by atoms with Crippen molar-refractivity contribution in [2.75, 3.05) is 32.2 Å². The number of ketones is 1. The van der Waals surface area contributed by atoms with E-state index in [4.69, 9.17) is 20.7 Å². The van der Waals surface area contributed by atoms with E-state index in [9.17, 15) is 27.9 Å². The van der Waals surface area contributed by atoms with Crippen molar-refractivity contribution in [1.29, 1.82) is 0 Å². The fourth-order valence-corrected chi connectivity index (χ4v) is 3.33. The first-order valence-electron chi connectivity index (χ1n) is 9.74. The molecule has 0 bridgehead atoms. The Kier molecular flexibility index (Phi) is 7.76. The van der Waals surface area contributed by atoms with E-state index in [1.165, 1.54) is 10.8 Å². The predicted octanol–water partition coefficient (Wildman–Crippen LogP) is 0.312. The Bertz CT molecular complexity index is 1220. The van der Waals surface area contributed by atoms with Crippen LogP contribution in [0.5, 0.6) is 0 Å². The minimum absolute atomic E-state index is 0.0654. The third-order valence-electron chi connectivity index (χ3n) is 4.82. The third-order valence-corrected chi connectivity index (χ3v) is 4.82. The SMILES string of the molecule is [N-]=[N+]=NCOC1CC(n2cc(C#CCNCC(=O)C(F)(F)F)c3c(=O)[nH]c(N)nc32)OC1CO. The van der Waals surface area contributed by atoms with Gasteiger partial charge in [0, 0.05) is 17.5 Å². The number of nitrogens with two attached hydrogens (primary N) is 1. The highest BCUT2D eigenvalue weighted by Gasteiger charge is 2.38. The summed E-state index contributed by atoms with van der Waals surface area (Å²) in [6.07, 6.45) is -5.40. The number of hydrogen-bond donors (Lipinski definition) is 4. The molecule has 0 spiro atoms. The van der Waals surface area contributed by atoms with Gasteiger partial charge < -0.3 is 24.9 Å². The van der Waals surface area contributed by atoms with Gasteiger partial charge in [0.2, 0.25) is 11.7 Å². The largest absolute Gasteiger partial charge is 0.451 e. The van der Waals surface area contributed by atoms with Crippen LogP contribution < -0.4 is 16.6 Å². The minimum Gasteiger partial charge on any atom is -0.394 e. The first-order chi connectivity index (χ1) is 16.2. The number of aliphatic hydroxyl groups is 1. The molecule has 0 saturated carbocycles. The lowest BCUT2D eigenvalue weighted by atomic mass is 10.2. The number of aromatic amines is 1. The average Bonchev–Trinajstić information content (AvgIpc) is 3.34. The van der Waals surface area contributed by atoms with Gasteiger partial charge >= 0.3 is 6.18 Å². The van der Waals surface area contributed by atoms with Crippen molar-refractivity contribution < 1.29 is 32.5 Å². The summed E-state index contributed by atoms with van der Waals surface area (Å²) in [4.78, 5) is 32.5. The smallest absolute Gasteiger partial charge is 0.394 e. The Morgan fingerprint density at radius 2 is 2.32 bits per heavy atom. The molecule has 3 heterocycles. The molecule has 34 heavy (non-hydrogen) atoms. The lowest BCUT2D eigenvalue weighted by molar-refractivity contribution is -0.169. The topological polar surface area (TPSA) is 193 Å². The number of hydrogen-bond acceptors (Lipinski definition) is 9. The molecule has 1 fully saturated rings. The van der Waals surface area contributed by atoms with Crippen LogP contribution in [-0.2, 0) is 14.3 Å². The fraction of sp³-hybridized carbons (Fsp3) is 0.500. The summed E-state index contributed by atoms with van der Waals surface area (Å²) < 4.78 is 49.5. The third kappa shape index (κ3) is 5.65. The number of ether oxygens (including phenoxy) is 2. The highest BCUT2D eigenvalue weighted by Crippen LogP contribution is 2.33. The van der Waals surface area contributed by atoms with Gasteiger partial charge in [0.15, 0.2) is 5.65 Å². The molecule has 2 aromatic heterocycles. The Labute approximate surface area is 188 Å². The molecule has 3 unspecified atom stereocenters. The highest BCUT2D eigenvalue weighted by molar-refractivity contribution is 5.86. The lowest BCUT2D eigenvalue weighted by Crippen LogP contribution is -2.33. The number of rotatable bonds is 8. The van der Waals surface area contributed by atoms with Crippen LogP contribution in [0.2, 0.25) is 0 Å². The molecule has 0 radical (unpaired) electrons. The summed E-state index contributed by atoms with van der Waals surface area (Å²) in [5.41, 5.74) is 13.8. The van der Waals surface area contributed by atoms with Crippen LogP contribution in [0.15, 0.2) is 16.1 Å². The molecule has 0 amide bonds. The zero-order valence-corrected chi connectivity index (χ0v) is 17.4. The number of anilines is 1. The number of alkyl halides is 3. The zero-order valence-electron chi connectivity index (χ0n) is 17.4. The Morgan fingerprint density at radius 1 is 1.56 bits per heavy atom. The number of nitrogen functional groups attached to an aromatic ring is 1. The molecule has 13 nitrogen and oxygen atoms in total. The van der Waals surface area contributed by atoms with Gasteiger partial charge in [-0.1, -0.05) is 17.0 Å². The number of nitrogens with one attached hydrogen (secondary N) is 2. The van der Waals surface area contributed by atoms with Crippen LogP contribution in [0.1, 0.15) is 18.2 Å². The molecule has 0 aromatic carbocycles. The van der Waals surface area contributed by atoms with Crippen LogP contribution in [-0.4, -0.2) is 70.2 Å². The van der Waals surface area contributed by atoms with Crippen molar-refractivity contribution in [2.24, 2.45) is 5.11 Å². The maximum atomic E-state index is 12.5. The minimum atomic E-state index is -4.94. The van der Waals surface area contributed by atoms with Gasteiger partial charge in [0.05, 0.1) is 36.8 Å². The van der Waals surface area contributed by atoms with Crippen molar-refractivity contribution in [1.82, 2.24) is 19.9 Å². The zero-order chi connectivity index (χ0) is 24.9. The van der Waals surface area contributed by atoms with Crippen LogP contribution in [0, 0.1) is 11.8 Å². The van der Waals surface area contributed by atoms with Gasteiger partial charge in [0.25, 0.3) is 5.56 Å². The number of aromatic nitrogens is 3. The molecule has 3 atom stereocenters. The molecule has 1 aliphatic heterocycles. The summed E-state index contributed by atoms with van der Waals surface area (Å²) in [5.74, 6) is 3.11. The first-order valence-corrected chi connectivity index (χ1v) is 9.74. The average molecular weight is 484 g/mol. The summed E-state index contributed by atoms with van der Waals surface area (Å²) in [5, 5.41) is 15.2. The van der Waals surface area contributed by atoms with Gasteiger partial charge in [0.1, 0.15) is 19.1 Å². The molecule has 16 heteroatoms. The summed E-state index contributed by atoms with van der Waals surface area (Å²) >= 11 is 0. The van der Waals surface area contributed by atoms with E-state index in [1.807, 2.05) is 0 Å². The second-order valence-electron chi connectivity index (χ2n) is 7.04. The Morgan fingerprint density at radius 3 is 3.00 bits per heavy atom. The fourth-order valence-electron chi connectivity index (χ4n) is 3.33.